The van der Waals surface area contributed by atoms with Crippen molar-refractivity contribution in [3.05, 3.63) is 122 Å². The van der Waals surface area contributed by atoms with Crippen LogP contribution in [0.5, 0.6) is 0 Å². The lowest BCUT2D eigenvalue weighted by Crippen LogP contribution is -2.30. The van der Waals surface area contributed by atoms with Crippen molar-refractivity contribution in [2.24, 2.45) is 0 Å². The fourth-order valence-corrected chi connectivity index (χ4v) is 8.56. The van der Waals surface area contributed by atoms with Crippen LogP contribution in [0.25, 0.3) is 0 Å². The molecule has 0 fully saturated rings. The van der Waals surface area contributed by atoms with Crippen LogP contribution in [0.4, 0.5) is 0 Å². The van der Waals surface area contributed by atoms with E-state index in [1.54, 1.807) is 0 Å². The molecule has 0 aromatic heterocycles. The average molecular weight is 1050 g/mol. The molecule has 0 aromatic carbocycles. The second-order valence-electron chi connectivity index (χ2n) is 20.6. The predicted octanol–water partition coefficient (Wildman–Crippen LogP) is 21.6. The first-order valence-electron chi connectivity index (χ1n) is 31.5. The summed E-state index contributed by atoms with van der Waals surface area (Å²) in [5.74, 6) is -0.897. The zero-order valence-corrected chi connectivity index (χ0v) is 49.5. The average Bonchev–Trinajstić information content (AvgIpc) is 3.42. The lowest BCUT2D eigenvalue weighted by Gasteiger charge is -2.18. The van der Waals surface area contributed by atoms with Gasteiger partial charge in [-0.1, -0.05) is 277 Å². The number of allylic oxidation sites excluding steroid dienone is 20. The van der Waals surface area contributed by atoms with Gasteiger partial charge in [0.05, 0.1) is 0 Å². The van der Waals surface area contributed by atoms with E-state index in [0.29, 0.717) is 19.3 Å². The van der Waals surface area contributed by atoms with Crippen molar-refractivity contribution in [1.82, 2.24) is 0 Å². The number of rotatable bonds is 56. The van der Waals surface area contributed by atoms with E-state index in [9.17, 15) is 14.4 Å². The Morgan fingerprint density at radius 1 is 0.276 bits per heavy atom. The van der Waals surface area contributed by atoms with E-state index in [2.05, 4.69) is 142 Å². The van der Waals surface area contributed by atoms with Crippen molar-refractivity contribution >= 4 is 17.9 Å². The number of unbranched alkanes of at least 4 members (excludes halogenated alkanes) is 25. The summed E-state index contributed by atoms with van der Waals surface area (Å²) in [5, 5.41) is 0. The molecular weight excluding hydrogens is 937 g/mol. The zero-order valence-electron chi connectivity index (χ0n) is 49.5. The quantitative estimate of drug-likeness (QED) is 0.0261. The second kappa shape index (κ2) is 63.3. The third-order valence-corrected chi connectivity index (χ3v) is 13.2. The smallest absolute Gasteiger partial charge is 0.306 e. The molecule has 0 aromatic rings. The summed E-state index contributed by atoms with van der Waals surface area (Å²) < 4.78 is 16.9. The van der Waals surface area contributed by atoms with Crippen LogP contribution in [0.2, 0.25) is 0 Å². The lowest BCUT2D eigenvalue weighted by atomic mass is 10.0. The molecule has 0 spiro atoms. The molecule has 0 saturated heterocycles. The Morgan fingerprint density at radius 2 is 0.513 bits per heavy atom. The van der Waals surface area contributed by atoms with Crippen LogP contribution in [-0.2, 0) is 28.6 Å². The van der Waals surface area contributed by atoms with E-state index < -0.39 is 6.10 Å². The van der Waals surface area contributed by atoms with Gasteiger partial charge in [0.2, 0.25) is 0 Å². The fraction of sp³-hybridized carbons (Fsp3) is 0.671. The van der Waals surface area contributed by atoms with Gasteiger partial charge in [-0.05, 0) is 109 Å². The third kappa shape index (κ3) is 60.7. The number of hydrogen-bond acceptors (Lipinski definition) is 6. The Labute approximate surface area is 469 Å². The summed E-state index contributed by atoms with van der Waals surface area (Å²) in [4.78, 5) is 38.1. The molecule has 0 radical (unpaired) electrons. The van der Waals surface area contributed by atoms with E-state index >= 15 is 0 Å². The number of hydrogen-bond donors (Lipinski definition) is 0. The van der Waals surface area contributed by atoms with Gasteiger partial charge in [0.25, 0.3) is 0 Å². The Balaban J connectivity index is 4.23. The molecule has 0 amide bonds. The van der Waals surface area contributed by atoms with Gasteiger partial charge in [-0.3, -0.25) is 14.4 Å². The molecule has 6 nitrogen and oxygen atoms in total. The summed E-state index contributed by atoms with van der Waals surface area (Å²) in [6.07, 6.45) is 87.8. The number of esters is 3. The van der Waals surface area contributed by atoms with E-state index in [0.717, 1.165) is 128 Å². The van der Waals surface area contributed by atoms with Gasteiger partial charge in [0, 0.05) is 19.3 Å². The first-order chi connectivity index (χ1) is 37.5. The Kier molecular flexibility index (Phi) is 59.9. The number of carbonyl (C=O) groups is 3. The zero-order chi connectivity index (χ0) is 55.0. The minimum atomic E-state index is -0.785. The molecule has 432 valence electrons. The first-order valence-corrected chi connectivity index (χ1v) is 31.5. The second-order valence-corrected chi connectivity index (χ2v) is 20.6. The normalized spacial score (nSPS) is 12.9. The monoisotopic (exact) mass is 1050 g/mol. The molecule has 0 aliphatic heterocycles. The molecule has 1 atom stereocenters. The molecule has 1 unspecified atom stereocenters. The highest BCUT2D eigenvalue weighted by Gasteiger charge is 2.19. The van der Waals surface area contributed by atoms with Crippen LogP contribution < -0.4 is 0 Å². The van der Waals surface area contributed by atoms with Gasteiger partial charge < -0.3 is 14.2 Å². The molecule has 0 rings (SSSR count). The van der Waals surface area contributed by atoms with Crippen molar-refractivity contribution in [1.29, 1.82) is 0 Å². The molecule has 6 heteroatoms. The molecule has 0 saturated carbocycles. The summed E-state index contributed by atoms with van der Waals surface area (Å²) >= 11 is 0. The largest absolute Gasteiger partial charge is 0.462 e. The maximum absolute atomic E-state index is 12.9. The van der Waals surface area contributed by atoms with Crippen molar-refractivity contribution < 1.29 is 28.6 Å². The molecule has 0 heterocycles. The number of carbonyl (C=O) groups excluding carboxylic acids is 3. The van der Waals surface area contributed by atoms with Crippen molar-refractivity contribution in [3.63, 3.8) is 0 Å². The van der Waals surface area contributed by atoms with Gasteiger partial charge in [0.1, 0.15) is 13.2 Å². The molecular formula is C70H116O6. The van der Waals surface area contributed by atoms with Gasteiger partial charge in [0.15, 0.2) is 6.10 Å². The van der Waals surface area contributed by atoms with Crippen LogP contribution in [0.3, 0.4) is 0 Å². The maximum Gasteiger partial charge on any atom is 0.306 e. The minimum absolute atomic E-state index is 0.0826. The minimum Gasteiger partial charge on any atom is -0.462 e. The van der Waals surface area contributed by atoms with E-state index in [1.165, 1.54) is 116 Å². The predicted molar refractivity (Wildman–Crippen MR) is 330 cm³/mol. The molecule has 0 N–H and O–H groups in total. The van der Waals surface area contributed by atoms with Crippen LogP contribution in [0.15, 0.2) is 122 Å². The first kappa shape index (κ1) is 71.8. The summed E-state index contributed by atoms with van der Waals surface area (Å²) in [7, 11) is 0. The van der Waals surface area contributed by atoms with Crippen molar-refractivity contribution in [2.45, 2.75) is 290 Å². The number of ether oxygens (including phenoxy) is 3. The van der Waals surface area contributed by atoms with Gasteiger partial charge in [-0.25, -0.2) is 0 Å². The summed E-state index contributed by atoms with van der Waals surface area (Å²) in [6, 6.07) is 0. The summed E-state index contributed by atoms with van der Waals surface area (Å²) in [5.41, 5.74) is 0. The third-order valence-electron chi connectivity index (χ3n) is 13.2. The fourth-order valence-electron chi connectivity index (χ4n) is 8.56. The Morgan fingerprint density at radius 3 is 0.803 bits per heavy atom. The van der Waals surface area contributed by atoms with Crippen molar-refractivity contribution in [2.75, 3.05) is 13.2 Å². The highest BCUT2D eigenvalue weighted by molar-refractivity contribution is 5.71. The maximum atomic E-state index is 12.9. The molecule has 0 bridgehead atoms. The Bertz CT molecular complexity index is 1590. The van der Waals surface area contributed by atoms with Crippen LogP contribution in [0.1, 0.15) is 284 Å². The standard InChI is InChI=1S/C70H116O6/c1-4-7-10-13-16-19-21-23-25-27-29-31-33-34-35-36-38-39-41-43-45-47-49-51-54-57-60-63-69(72)75-66-67(65-74-68(71)62-59-56-53-18-15-12-9-6-3)76-70(73)64-61-58-55-52-50-48-46-44-42-40-37-32-30-28-26-24-22-20-17-14-11-8-5-2/h7-8,10-11,16-17,19-20,23-26,29-32,34-35,38-39,67H,4-6,9,12-15,18,21-22,27-28,33,36-37,40-66H2,1-3H3/b10-7-,11-8-,19-16-,20-17-,25-23-,26-24-,31-29-,32-30-,35-34-,39-38-. The van der Waals surface area contributed by atoms with Gasteiger partial charge in [-0.2, -0.15) is 0 Å². The van der Waals surface area contributed by atoms with Crippen LogP contribution >= 0.6 is 0 Å². The summed E-state index contributed by atoms with van der Waals surface area (Å²) in [6.45, 7) is 6.38. The highest BCUT2D eigenvalue weighted by Crippen LogP contribution is 2.16. The SMILES string of the molecule is CC/C=C\C/C=C\C/C=C\C/C=C\C/C=C\C/C=C\CCCCCCCCCCC(=O)OCC(COC(=O)CCCCCCCCCC)OC(=O)CCCCCCCCCCCC/C=C\C/C=C\C/C=C\C/C=C\CC. The molecule has 0 aliphatic rings. The molecule has 76 heavy (non-hydrogen) atoms. The van der Waals surface area contributed by atoms with E-state index in [-0.39, 0.29) is 31.1 Å². The highest BCUT2D eigenvalue weighted by atomic mass is 16.6. The Hall–Kier alpha value is -4.19. The topological polar surface area (TPSA) is 78.9 Å². The molecule has 0 aliphatic carbocycles. The lowest BCUT2D eigenvalue weighted by molar-refractivity contribution is -0.167. The van der Waals surface area contributed by atoms with Crippen LogP contribution in [0, 0.1) is 0 Å². The van der Waals surface area contributed by atoms with E-state index in [4.69, 9.17) is 14.2 Å². The van der Waals surface area contributed by atoms with Gasteiger partial charge >= 0.3 is 17.9 Å². The van der Waals surface area contributed by atoms with Crippen molar-refractivity contribution in [3.8, 4) is 0 Å². The van der Waals surface area contributed by atoms with E-state index in [1.807, 2.05) is 0 Å². The van der Waals surface area contributed by atoms with Crippen LogP contribution in [-0.4, -0.2) is 37.2 Å². The van der Waals surface area contributed by atoms with Gasteiger partial charge in [-0.15, -0.1) is 0 Å².